The van der Waals surface area contributed by atoms with Gasteiger partial charge in [0.05, 0.1) is 0 Å². The van der Waals surface area contributed by atoms with Crippen molar-refractivity contribution in [1.29, 1.82) is 0 Å². The van der Waals surface area contributed by atoms with Gasteiger partial charge in [0.15, 0.2) is 0 Å². The van der Waals surface area contributed by atoms with Gasteiger partial charge in [-0.15, -0.1) is 0 Å². The molecule has 0 heterocycles. The van der Waals surface area contributed by atoms with Crippen molar-refractivity contribution >= 4 is 20.7 Å². The maximum absolute atomic E-state index is 5.21. The third-order valence-corrected chi connectivity index (χ3v) is 1.89. The molecule has 0 saturated carbocycles. The second-order valence-corrected chi connectivity index (χ2v) is 3.75. The lowest BCUT2D eigenvalue weighted by molar-refractivity contribution is 0.604. The fourth-order valence-electron chi connectivity index (χ4n) is 1.19. The van der Waals surface area contributed by atoms with Crippen LogP contribution >= 0.6 is 12.6 Å². The average Bonchev–Trinajstić information content (AvgIpc) is 2.04. The predicted molar refractivity (Wildman–Crippen MR) is 57.8 cm³/mol. The molecule has 12 heavy (non-hydrogen) atoms. The molecule has 1 nitrogen and oxygen atoms in total. The number of hydrogen-bond donors (Lipinski definition) is 1. The molecule has 0 fully saturated rings. The van der Waals surface area contributed by atoms with Gasteiger partial charge >= 0.3 is 8.05 Å². The molecule has 1 aromatic rings. The van der Waals surface area contributed by atoms with Gasteiger partial charge < -0.3 is 4.65 Å². The first-order chi connectivity index (χ1) is 5.74. The first kappa shape index (κ1) is 9.52. The molecule has 0 aliphatic carbocycles. The largest absolute Gasteiger partial charge is 0.568 e. The summed E-state index contributed by atoms with van der Waals surface area (Å²) in [5.41, 5.74) is 1.22. The Morgan fingerprint density at radius 1 is 1.50 bits per heavy atom. The van der Waals surface area contributed by atoms with Crippen LogP contribution in [0, 0.1) is 0 Å². The highest BCUT2D eigenvalue weighted by Gasteiger charge is 2.02. The van der Waals surface area contributed by atoms with Crippen LogP contribution in [-0.2, 0) is 6.42 Å². The number of benzene rings is 1. The number of rotatable bonds is 3. The predicted octanol–water partition coefficient (Wildman–Crippen LogP) is 1.47. The zero-order chi connectivity index (χ0) is 8.97. The summed E-state index contributed by atoms with van der Waals surface area (Å²) in [4.78, 5) is 0. The Balaban J connectivity index is 2.82. The fourth-order valence-corrected chi connectivity index (χ4v) is 1.39. The molecule has 0 N–H and O–H groups in total. The van der Waals surface area contributed by atoms with E-state index < -0.39 is 0 Å². The van der Waals surface area contributed by atoms with E-state index in [9.17, 15) is 0 Å². The minimum atomic E-state index is 0.376. The second kappa shape index (κ2) is 4.46. The van der Waals surface area contributed by atoms with E-state index in [0.29, 0.717) is 5.25 Å². The van der Waals surface area contributed by atoms with Gasteiger partial charge in [-0.05, 0) is 18.1 Å². The summed E-state index contributed by atoms with van der Waals surface area (Å²) in [5.74, 6) is 0.957. The molecule has 0 spiro atoms. The lowest BCUT2D eigenvalue weighted by Crippen LogP contribution is -2.00. The van der Waals surface area contributed by atoms with Crippen LogP contribution in [0.15, 0.2) is 24.3 Å². The van der Waals surface area contributed by atoms with Crippen molar-refractivity contribution in [2.45, 2.75) is 18.6 Å². The Labute approximate surface area is 80.0 Å². The monoisotopic (exact) mass is 180 g/mol. The van der Waals surface area contributed by atoms with Gasteiger partial charge in [0.2, 0.25) is 0 Å². The second-order valence-electron chi connectivity index (χ2n) is 2.86. The Hall–Kier alpha value is -0.565. The summed E-state index contributed by atoms with van der Waals surface area (Å²) in [7, 11) is 1.70. The standard InChI is InChI=1S/C9H13BOS/c1-7(12)6-8-4-2-3-5-9(8)11-10/h2-5,7,12H,6,10H2,1H3/t7-/m1/s1. The summed E-state index contributed by atoms with van der Waals surface area (Å²) < 4.78 is 5.21. The molecule has 1 atom stereocenters. The van der Waals surface area contributed by atoms with Crippen LogP contribution in [0.1, 0.15) is 12.5 Å². The summed E-state index contributed by atoms with van der Waals surface area (Å²) >= 11 is 4.34. The van der Waals surface area contributed by atoms with E-state index in [2.05, 4.69) is 25.6 Å². The van der Waals surface area contributed by atoms with E-state index in [4.69, 9.17) is 4.65 Å². The molecule has 0 saturated heterocycles. The summed E-state index contributed by atoms with van der Waals surface area (Å²) in [5, 5.41) is 0.376. The molecule has 64 valence electrons. The van der Waals surface area contributed by atoms with Crippen molar-refractivity contribution in [3.63, 3.8) is 0 Å². The van der Waals surface area contributed by atoms with Gasteiger partial charge in [-0.1, -0.05) is 25.1 Å². The number of thiol groups is 1. The topological polar surface area (TPSA) is 9.23 Å². The fraction of sp³-hybridized carbons (Fsp3) is 0.333. The van der Waals surface area contributed by atoms with Crippen LogP contribution in [-0.4, -0.2) is 13.3 Å². The van der Waals surface area contributed by atoms with E-state index in [1.54, 1.807) is 8.05 Å². The summed E-state index contributed by atoms with van der Waals surface area (Å²) in [6, 6.07) is 8.05. The third kappa shape index (κ3) is 2.49. The molecule has 1 aromatic carbocycles. The number of para-hydroxylation sites is 1. The van der Waals surface area contributed by atoms with Crippen LogP contribution in [0.3, 0.4) is 0 Å². The summed E-state index contributed by atoms with van der Waals surface area (Å²) in [6.07, 6.45) is 0.952. The minimum Gasteiger partial charge on any atom is -0.568 e. The molecular weight excluding hydrogens is 167 g/mol. The van der Waals surface area contributed by atoms with Gasteiger partial charge in [-0.3, -0.25) is 0 Å². The van der Waals surface area contributed by atoms with Crippen LogP contribution in [0.4, 0.5) is 0 Å². The molecule has 0 aliphatic rings. The smallest absolute Gasteiger partial charge is 0.322 e. The van der Waals surface area contributed by atoms with Gasteiger partial charge in [-0.25, -0.2) is 0 Å². The molecule has 0 aliphatic heterocycles. The lowest BCUT2D eigenvalue weighted by atomic mass is 10.1. The average molecular weight is 180 g/mol. The van der Waals surface area contributed by atoms with Crippen molar-refractivity contribution < 1.29 is 4.65 Å². The lowest BCUT2D eigenvalue weighted by Gasteiger charge is -2.09. The molecule has 3 heteroatoms. The van der Waals surface area contributed by atoms with Crippen molar-refractivity contribution in [1.82, 2.24) is 0 Å². The Morgan fingerprint density at radius 3 is 2.75 bits per heavy atom. The van der Waals surface area contributed by atoms with E-state index in [0.717, 1.165) is 12.2 Å². The quantitative estimate of drug-likeness (QED) is 0.547. The maximum Gasteiger partial charge on any atom is 0.322 e. The molecule has 0 amide bonds. The molecule has 0 aromatic heterocycles. The van der Waals surface area contributed by atoms with Gasteiger partial charge in [-0.2, -0.15) is 12.6 Å². The van der Waals surface area contributed by atoms with Gasteiger partial charge in [0.1, 0.15) is 5.75 Å². The Kier molecular flexibility index (Phi) is 3.54. The Morgan fingerprint density at radius 2 is 2.17 bits per heavy atom. The van der Waals surface area contributed by atoms with Crippen LogP contribution in [0.5, 0.6) is 5.75 Å². The minimum absolute atomic E-state index is 0.376. The highest BCUT2D eigenvalue weighted by molar-refractivity contribution is 7.80. The van der Waals surface area contributed by atoms with E-state index in [1.165, 1.54) is 5.56 Å². The van der Waals surface area contributed by atoms with Crippen LogP contribution in [0.2, 0.25) is 0 Å². The highest BCUT2D eigenvalue weighted by Crippen LogP contribution is 2.19. The van der Waals surface area contributed by atoms with Crippen molar-refractivity contribution in [2.75, 3.05) is 0 Å². The van der Waals surface area contributed by atoms with E-state index in [-0.39, 0.29) is 0 Å². The molecular formula is C9H13BOS. The normalized spacial score (nSPS) is 12.5. The first-order valence-electron chi connectivity index (χ1n) is 4.04. The summed E-state index contributed by atoms with van der Waals surface area (Å²) in [6.45, 7) is 2.08. The zero-order valence-electron chi connectivity index (χ0n) is 7.45. The van der Waals surface area contributed by atoms with Gasteiger partial charge in [0, 0.05) is 5.25 Å². The van der Waals surface area contributed by atoms with Crippen molar-refractivity contribution in [3.05, 3.63) is 29.8 Å². The SMILES string of the molecule is BOc1ccccc1C[C@@H](C)S. The third-order valence-electron chi connectivity index (χ3n) is 1.71. The number of hydrogen-bond acceptors (Lipinski definition) is 2. The van der Waals surface area contributed by atoms with E-state index in [1.807, 2.05) is 18.2 Å². The maximum atomic E-state index is 5.21. The first-order valence-corrected chi connectivity index (χ1v) is 4.55. The highest BCUT2D eigenvalue weighted by atomic mass is 32.1. The van der Waals surface area contributed by atoms with Crippen LogP contribution in [0.25, 0.3) is 0 Å². The van der Waals surface area contributed by atoms with Crippen molar-refractivity contribution in [2.24, 2.45) is 0 Å². The van der Waals surface area contributed by atoms with E-state index >= 15 is 0 Å². The zero-order valence-corrected chi connectivity index (χ0v) is 8.34. The van der Waals surface area contributed by atoms with Crippen LogP contribution < -0.4 is 4.65 Å². The molecule has 1 rings (SSSR count). The Bertz CT molecular complexity index is 250. The van der Waals surface area contributed by atoms with Gasteiger partial charge in [0.25, 0.3) is 0 Å². The molecule has 0 unspecified atom stereocenters. The molecule has 0 bridgehead atoms. The van der Waals surface area contributed by atoms with Crippen molar-refractivity contribution in [3.8, 4) is 5.75 Å². The molecule has 0 radical (unpaired) electrons.